The molecule has 0 fully saturated rings. The van der Waals surface area contributed by atoms with Crippen molar-refractivity contribution in [1.82, 2.24) is 0 Å². The molecule has 98 valence electrons. The van der Waals surface area contributed by atoms with Gasteiger partial charge in [-0.3, -0.25) is 4.79 Å². The molecule has 19 heavy (non-hydrogen) atoms. The summed E-state index contributed by atoms with van der Waals surface area (Å²) >= 11 is 0. The summed E-state index contributed by atoms with van der Waals surface area (Å²) in [6.45, 7) is 2.07. The lowest BCUT2D eigenvalue weighted by molar-refractivity contribution is 0.0992. The lowest BCUT2D eigenvalue weighted by atomic mass is 9.97. The fraction of sp³-hybridized carbons (Fsp3) is 0.235. The zero-order valence-electron chi connectivity index (χ0n) is 11.3. The smallest absolute Gasteiger partial charge is 0.167 e. The van der Waals surface area contributed by atoms with Crippen LogP contribution in [0.25, 0.3) is 0 Å². The van der Waals surface area contributed by atoms with Gasteiger partial charge in [-0.1, -0.05) is 43.3 Å². The number of Topliss-reactive ketones (excluding diaryl/α,β-unsaturated/α-hetero) is 1. The molecule has 0 spiro atoms. The Bertz CT molecular complexity index is 573. The summed E-state index contributed by atoms with van der Waals surface area (Å²) in [6, 6.07) is 15.5. The standard InChI is InChI=1S/C17H18O2/c1-3-14-8-4-5-10-16(14)17(18)12-13-7-6-9-15(11-13)19-2/h4-11H,3,12H2,1-2H3. The van der Waals surface area contributed by atoms with Crippen molar-refractivity contribution in [2.75, 3.05) is 7.11 Å². The number of carbonyl (C=O) groups is 1. The molecule has 2 heteroatoms. The van der Waals surface area contributed by atoms with Crippen LogP contribution in [0, 0.1) is 0 Å². The number of hydrogen-bond acceptors (Lipinski definition) is 2. The SMILES string of the molecule is CCc1ccccc1C(=O)Cc1cccc(OC)c1. The molecule has 2 aromatic rings. The second-order valence-corrected chi connectivity index (χ2v) is 4.46. The van der Waals surface area contributed by atoms with Gasteiger partial charge in [0.15, 0.2) is 5.78 Å². The Morgan fingerprint density at radius 1 is 1.11 bits per heavy atom. The van der Waals surface area contributed by atoms with E-state index in [4.69, 9.17) is 4.74 Å². The van der Waals surface area contributed by atoms with Crippen molar-refractivity contribution in [2.45, 2.75) is 19.8 Å². The Morgan fingerprint density at radius 2 is 1.89 bits per heavy atom. The molecule has 0 aliphatic rings. The van der Waals surface area contributed by atoms with Crippen molar-refractivity contribution in [2.24, 2.45) is 0 Å². The summed E-state index contributed by atoms with van der Waals surface area (Å²) in [5.41, 5.74) is 2.92. The first kappa shape index (κ1) is 13.3. The van der Waals surface area contributed by atoms with Crippen molar-refractivity contribution in [3.05, 3.63) is 65.2 Å². The molecule has 2 nitrogen and oxygen atoms in total. The van der Waals surface area contributed by atoms with E-state index in [0.29, 0.717) is 6.42 Å². The highest BCUT2D eigenvalue weighted by atomic mass is 16.5. The third-order valence-electron chi connectivity index (χ3n) is 3.20. The van der Waals surface area contributed by atoms with Gasteiger partial charge in [-0.05, 0) is 29.7 Å². The van der Waals surface area contributed by atoms with Crippen LogP contribution in [0.5, 0.6) is 5.75 Å². The van der Waals surface area contributed by atoms with Crippen LogP contribution in [0.15, 0.2) is 48.5 Å². The molecule has 0 saturated heterocycles. The van der Waals surface area contributed by atoms with E-state index in [2.05, 4.69) is 6.92 Å². The van der Waals surface area contributed by atoms with Crippen LogP contribution >= 0.6 is 0 Å². The van der Waals surface area contributed by atoms with Gasteiger partial charge in [0, 0.05) is 12.0 Å². The second kappa shape index (κ2) is 6.19. The zero-order chi connectivity index (χ0) is 13.7. The predicted molar refractivity (Wildman–Crippen MR) is 76.8 cm³/mol. The topological polar surface area (TPSA) is 26.3 Å². The Labute approximate surface area is 114 Å². The van der Waals surface area contributed by atoms with Gasteiger partial charge in [0.05, 0.1) is 7.11 Å². The molecule has 2 rings (SSSR count). The second-order valence-electron chi connectivity index (χ2n) is 4.46. The minimum Gasteiger partial charge on any atom is -0.497 e. The number of ether oxygens (including phenoxy) is 1. The maximum atomic E-state index is 12.4. The molecular formula is C17H18O2. The minimum atomic E-state index is 0.158. The van der Waals surface area contributed by atoms with E-state index < -0.39 is 0 Å². The molecule has 0 atom stereocenters. The quantitative estimate of drug-likeness (QED) is 0.761. The number of hydrogen-bond donors (Lipinski definition) is 0. The van der Waals surface area contributed by atoms with Gasteiger partial charge in [0.25, 0.3) is 0 Å². The lowest BCUT2D eigenvalue weighted by Crippen LogP contribution is -2.06. The zero-order valence-corrected chi connectivity index (χ0v) is 11.3. The predicted octanol–water partition coefficient (Wildman–Crippen LogP) is 3.68. The number of ketones is 1. The van der Waals surface area contributed by atoms with Crippen LogP contribution < -0.4 is 4.74 Å². The maximum absolute atomic E-state index is 12.4. The average Bonchev–Trinajstić information content (AvgIpc) is 2.47. The number of methoxy groups -OCH3 is 1. The Hall–Kier alpha value is -2.09. The fourth-order valence-electron chi connectivity index (χ4n) is 2.16. The van der Waals surface area contributed by atoms with E-state index >= 15 is 0 Å². The van der Waals surface area contributed by atoms with E-state index in [-0.39, 0.29) is 5.78 Å². The molecule has 0 N–H and O–H groups in total. The molecule has 0 aliphatic carbocycles. The van der Waals surface area contributed by atoms with Gasteiger partial charge in [0.1, 0.15) is 5.75 Å². The third-order valence-corrected chi connectivity index (χ3v) is 3.20. The van der Waals surface area contributed by atoms with Crippen LogP contribution in [-0.4, -0.2) is 12.9 Å². The molecule has 0 heterocycles. The summed E-state index contributed by atoms with van der Waals surface area (Å²) in [7, 11) is 1.63. The minimum absolute atomic E-state index is 0.158. The molecule has 0 aliphatic heterocycles. The first-order valence-corrected chi connectivity index (χ1v) is 6.48. The monoisotopic (exact) mass is 254 g/mol. The van der Waals surface area contributed by atoms with Crippen LogP contribution in [-0.2, 0) is 12.8 Å². The summed E-state index contributed by atoms with van der Waals surface area (Å²) < 4.78 is 5.18. The molecule has 0 aromatic heterocycles. The van der Waals surface area contributed by atoms with E-state index in [1.807, 2.05) is 48.5 Å². The summed E-state index contributed by atoms with van der Waals surface area (Å²) in [4.78, 5) is 12.4. The first-order valence-electron chi connectivity index (χ1n) is 6.48. The van der Waals surface area contributed by atoms with Crippen molar-refractivity contribution < 1.29 is 9.53 Å². The highest BCUT2D eigenvalue weighted by Crippen LogP contribution is 2.17. The van der Waals surface area contributed by atoms with Gasteiger partial charge in [-0.2, -0.15) is 0 Å². The Morgan fingerprint density at radius 3 is 2.63 bits per heavy atom. The molecule has 0 amide bonds. The first-order chi connectivity index (χ1) is 9.24. The van der Waals surface area contributed by atoms with E-state index in [1.54, 1.807) is 7.11 Å². The van der Waals surface area contributed by atoms with E-state index in [1.165, 1.54) is 0 Å². The van der Waals surface area contributed by atoms with Gasteiger partial charge in [0.2, 0.25) is 0 Å². The van der Waals surface area contributed by atoms with Crippen LogP contribution in [0.1, 0.15) is 28.4 Å². The van der Waals surface area contributed by atoms with Gasteiger partial charge >= 0.3 is 0 Å². The van der Waals surface area contributed by atoms with Crippen molar-refractivity contribution in [3.8, 4) is 5.75 Å². The van der Waals surface area contributed by atoms with Crippen molar-refractivity contribution in [1.29, 1.82) is 0 Å². The molecule has 0 unspecified atom stereocenters. The summed E-state index contributed by atoms with van der Waals surface area (Å²) in [5, 5.41) is 0. The van der Waals surface area contributed by atoms with Gasteiger partial charge < -0.3 is 4.74 Å². The normalized spacial score (nSPS) is 10.2. The Balaban J connectivity index is 2.20. The van der Waals surface area contributed by atoms with Crippen molar-refractivity contribution >= 4 is 5.78 Å². The van der Waals surface area contributed by atoms with Crippen LogP contribution in [0.3, 0.4) is 0 Å². The molecule has 0 bridgehead atoms. The van der Waals surface area contributed by atoms with E-state index in [0.717, 1.165) is 28.9 Å². The molecule has 0 radical (unpaired) electrons. The number of rotatable bonds is 5. The van der Waals surface area contributed by atoms with E-state index in [9.17, 15) is 4.79 Å². The molecule has 0 saturated carbocycles. The highest BCUT2D eigenvalue weighted by Gasteiger charge is 2.10. The third kappa shape index (κ3) is 3.22. The summed E-state index contributed by atoms with van der Waals surface area (Å²) in [5.74, 6) is 0.944. The highest BCUT2D eigenvalue weighted by molar-refractivity contribution is 5.98. The number of aryl methyl sites for hydroxylation is 1. The Kier molecular flexibility index (Phi) is 4.35. The van der Waals surface area contributed by atoms with Gasteiger partial charge in [-0.15, -0.1) is 0 Å². The molecular weight excluding hydrogens is 236 g/mol. The lowest BCUT2D eigenvalue weighted by Gasteiger charge is -2.07. The van der Waals surface area contributed by atoms with Gasteiger partial charge in [-0.25, -0.2) is 0 Å². The maximum Gasteiger partial charge on any atom is 0.167 e. The largest absolute Gasteiger partial charge is 0.497 e. The van der Waals surface area contributed by atoms with Crippen molar-refractivity contribution in [3.63, 3.8) is 0 Å². The molecule has 2 aromatic carbocycles. The van der Waals surface area contributed by atoms with Crippen LogP contribution in [0.4, 0.5) is 0 Å². The average molecular weight is 254 g/mol. The number of benzene rings is 2. The van der Waals surface area contributed by atoms with Crippen LogP contribution in [0.2, 0.25) is 0 Å². The fourth-order valence-corrected chi connectivity index (χ4v) is 2.16. The summed E-state index contributed by atoms with van der Waals surface area (Å²) in [6.07, 6.45) is 1.29. The number of carbonyl (C=O) groups excluding carboxylic acids is 1.